The van der Waals surface area contributed by atoms with E-state index < -0.39 is 0 Å². The van der Waals surface area contributed by atoms with Gasteiger partial charge in [0.2, 0.25) is 0 Å². The van der Waals surface area contributed by atoms with Crippen LogP contribution < -0.4 is 0 Å². The molecule has 0 aliphatic carbocycles. The fourth-order valence-electron chi connectivity index (χ4n) is 2.23. The number of aryl methyl sites for hydroxylation is 3. The highest BCUT2D eigenvalue weighted by molar-refractivity contribution is 5.84. The van der Waals surface area contributed by atoms with E-state index in [0.717, 1.165) is 27.9 Å². The zero-order chi connectivity index (χ0) is 12.7. The highest BCUT2D eigenvalue weighted by Crippen LogP contribution is 2.25. The van der Waals surface area contributed by atoms with Gasteiger partial charge in [0.15, 0.2) is 0 Å². The molecular weight excluding hydrogens is 222 g/mol. The SMILES string of the molecule is Cc1ccc(C)c(-c2ccc3c(cnn3C)c2)n1. The van der Waals surface area contributed by atoms with Gasteiger partial charge in [0.1, 0.15) is 0 Å². The summed E-state index contributed by atoms with van der Waals surface area (Å²) >= 11 is 0. The summed E-state index contributed by atoms with van der Waals surface area (Å²) in [5.74, 6) is 0. The summed E-state index contributed by atoms with van der Waals surface area (Å²) in [5.41, 5.74) is 5.59. The summed E-state index contributed by atoms with van der Waals surface area (Å²) in [4.78, 5) is 4.63. The van der Waals surface area contributed by atoms with E-state index in [1.165, 1.54) is 5.56 Å². The van der Waals surface area contributed by atoms with Gasteiger partial charge in [-0.3, -0.25) is 9.67 Å². The van der Waals surface area contributed by atoms with Crippen molar-refractivity contribution in [1.29, 1.82) is 0 Å². The molecule has 2 heterocycles. The molecule has 0 N–H and O–H groups in total. The third-order valence-electron chi connectivity index (χ3n) is 3.26. The van der Waals surface area contributed by atoms with Crippen molar-refractivity contribution in [3.8, 4) is 11.3 Å². The molecule has 1 aromatic carbocycles. The molecule has 0 atom stereocenters. The van der Waals surface area contributed by atoms with Crippen LogP contribution in [-0.2, 0) is 7.05 Å². The number of pyridine rings is 1. The van der Waals surface area contributed by atoms with Crippen LogP contribution in [0.1, 0.15) is 11.3 Å². The molecule has 3 heteroatoms. The molecule has 0 spiro atoms. The Bertz CT molecular complexity index is 726. The van der Waals surface area contributed by atoms with Gasteiger partial charge in [0.25, 0.3) is 0 Å². The topological polar surface area (TPSA) is 30.7 Å². The van der Waals surface area contributed by atoms with Crippen LogP contribution in [0.15, 0.2) is 36.5 Å². The van der Waals surface area contributed by atoms with Crippen molar-refractivity contribution in [2.75, 3.05) is 0 Å². The molecule has 0 saturated heterocycles. The summed E-state index contributed by atoms with van der Waals surface area (Å²) in [5, 5.41) is 5.42. The third-order valence-corrected chi connectivity index (χ3v) is 3.26. The van der Waals surface area contributed by atoms with E-state index in [2.05, 4.69) is 41.3 Å². The standard InChI is InChI=1S/C15H15N3/c1-10-4-5-11(2)17-15(10)12-6-7-14-13(8-12)9-16-18(14)3/h4-9H,1-3H3. The van der Waals surface area contributed by atoms with Gasteiger partial charge in [-0.05, 0) is 37.6 Å². The van der Waals surface area contributed by atoms with Crippen LogP contribution in [0.5, 0.6) is 0 Å². The highest BCUT2D eigenvalue weighted by Gasteiger charge is 2.06. The van der Waals surface area contributed by atoms with Gasteiger partial charge in [-0.15, -0.1) is 0 Å². The Balaban J connectivity index is 2.22. The summed E-state index contributed by atoms with van der Waals surface area (Å²) < 4.78 is 1.88. The van der Waals surface area contributed by atoms with Crippen molar-refractivity contribution < 1.29 is 0 Å². The van der Waals surface area contributed by atoms with Crippen LogP contribution in [0.3, 0.4) is 0 Å². The molecule has 0 fully saturated rings. The Morgan fingerprint density at radius 1 is 1.06 bits per heavy atom. The van der Waals surface area contributed by atoms with Gasteiger partial charge in [0.05, 0.1) is 17.4 Å². The number of hydrogen-bond acceptors (Lipinski definition) is 2. The monoisotopic (exact) mass is 237 g/mol. The van der Waals surface area contributed by atoms with Gasteiger partial charge in [0, 0.05) is 23.7 Å². The molecule has 2 aromatic heterocycles. The zero-order valence-electron chi connectivity index (χ0n) is 10.8. The normalized spacial score (nSPS) is 11.1. The zero-order valence-corrected chi connectivity index (χ0v) is 10.8. The highest BCUT2D eigenvalue weighted by atomic mass is 15.2. The van der Waals surface area contributed by atoms with E-state index in [1.807, 2.05) is 30.9 Å². The van der Waals surface area contributed by atoms with E-state index >= 15 is 0 Å². The fraction of sp³-hybridized carbons (Fsp3) is 0.200. The van der Waals surface area contributed by atoms with Crippen molar-refractivity contribution in [1.82, 2.24) is 14.8 Å². The molecule has 0 saturated carbocycles. The van der Waals surface area contributed by atoms with Gasteiger partial charge in [-0.2, -0.15) is 5.10 Å². The molecule has 0 bridgehead atoms. The van der Waals surface area contributed by atoms with Gasteiger partial charge >= 0.3 is 0 Å². The minimum atomic E-state index is 1.04. The molecule has 3 aromatic rings. The Hall–Kier alpha value is -2.16. The molecule has 18 heavy (non-hydrogen) atoms. The number of nitrogens with zero attached hydrogens (tertiary/aromatic N) is 3. The maximum Gasteiger partial charge on any atom is 0.0734 e. The Labute approximate surface area is 106 Å². The summed E-state index contributed by atoms with van der Waals surface area (Å²) in [6.07, 6.45) is 1.89. The van der Waals surface area contributed by atoms with E-state index in [-0.39, 0.29) is 0 Å². The maximum atomic E-state index is 4.63. The van der Waals surface area contributed by atoms with Crippen LogP contribution in [0.2, 0.25) is 0 Å². The molecule has 0 aliphatic rings. The molecule has 3 nitrogen and oxygen atoms in total. The Morgan fingerprint density at radius 3 is 2.72 bits per heavy atom. The lowest BCUT2D eigenvalue weighted by Gasteiger charge is -2.06. The Kier molecular flexibility index (Phi) is 2.40. The number of benzene rings is 1. The predicted octanol–water partition coefficient (Wildman–Crippen LogP) is 3.25. The lowest BCUT2D eigenvalue weighted by atomic mass is 10.0. The molecule has 90 valence electrons. The van der Waals surface area contributed by atoms with E-state index in [1.54, 1.807) is 0 Å². The summed E-state index contributed by atoms with van der Waals surface area (Å²) in [6, 6.07) is 10.5. The van der Waals surface area contributed by atoms with Crippen molar-refractivity contribution in [2.45, 2.75) is 13.8 Å². The molecule has 3 rings (SSSR count). The number of fused-ring (bicyclic) bond motifs is 1. The number of aromatic nitrogens is 3. The molecule has 0 amide bonds. The van der Waals surface area contributed by atoms with Gasteiger partial charge in [-0.25, -0.2) is 0 Å². The van der Waals surface area contributed by atoms with Crippen LogP contribution in [0.4, 0.5) is 0 Å². The fourth-order valence-corrected chi connectivity index (χ4v) is 2.23. The van der Waals surface area contributed by atoms with E-state index in [9.17, 15) is 0 Å². The maximum absolute atomic E-state index is 4.63. The largest absolute Gasteiger partial charge is 0.268 e. The van der Waals surface area contributed by atoms with E-state index in [0.29, 0.717) is 0 Å². The molecule has 0 radical (unpaired) electrons. The third kappa shape index (κ3) is 1.68. The predicted molar refractivity (Wildman–Crippen MR) is 73.4 cm³/mol. The molecule has 0 aliphatic heterocycles. The smallest absolute Gasteiger partial charge is 0.0734 e. The van der Waals surface area contributed by atoms with Crippen molar-refractivity contribution >= 4 is 10.9 Å². The minimum absolute atomic E-state index is 1.04. The van der Waals surface area contributed by atoms with Crippen LogP contribution >= 0.6 is 0 Å². The van der Waals surface area contributed by atoms with Crippen LogP contribution in [0.25, 0.3) is 22.2 Å². The Morgan fingerprint density at radius 2 is 1.89 bits per heavy atom. The minimum Gasteiger partial charge on any atom is -0.268 e. The average Bonchev–Trinajstić information content (AvgIpc) is 2.74. The lowest BCUT2D eigenvalue weighted by Crippen LogP contribution is -1.91. The second-order valence-corrected chi connectivity index (χ2v) is 4.66. The molecule has 0 unspecified atom stereocenters. The number of rotatable bonds is 1. The number of hydrogen-bond donors (Lipinski definition) is 0. The quantitative estimate of drug-likeness (QED) is 0.650. The average molecular weight is 237 g/mol. The second-order valence-electron chi connectivity index (χ2n) is 4.66. The lowest BCUT2D eigenvalue weighted by molar-refractivity contribution is 0.797. The molecular formula is C15H15N3. The first-order chi connectivity index (χ1) is 8.65. The first-order valence-electron chi connectivity index (χ1n) is 6.01. The first kappa shape index (κ1) is 11.0. The van der Waals surface area contributed by atoms with Crippen LogP contribution in [0, 0.1) is 13.8 Å². The van der Waals surface area contributed by atoms with Gasteiger partial charge in [-0.1, -0.05) is 12.1 Å². The van der Waals surface area contributed by atoms with E-state index in [4.69, 9.17) is 0 Å². The van der Waals surface area contributed by atoms with Crippen molar-refractivity contribution in [3.05, 3.63) is 47.8 Å². The van der Waals surface area contributed by atoms with Crippen LogP contribution in [-0.4, -0.2) is 14.8 Å². The summed E-state index contributed by atoms with van der Waals surface area (Å²) in [7, 11) is 1.96. The van der Waals surface area contributed by atoms with Crippen molar-refractivity contribution in [3.63, 3.8) is 0 Å². The summed E-state index contributed by atoms with van der Waals surface area (Å²) in [6.45, 7) is 4.11. The first-order valence-corrected chi connectivity index (χ1v) is 6.01. The van der Waals surface area contributed by atoms with Gasteiger partial charge < -0.3 is 0 Å². The second kappa shape index (κ2) is 3.95. The van der Waals surface area contributed by atoms with Crippen molar-refractivity contribution in [2.24, 2.45) is 7.05 Å².